The number of benzene rings is 2. The standard InChI is InChI=1S/C23H25BrN4O2/c1-26-15-19(14-25-26)16-27-9-11-28(12-10-27)23(29)20-4-2-3-18(13-20)17-30-22-7-5-21(24)6-8-22/h2-8,13-15H,9-12,16-17H2,1H3. The number of hydrogen-bond acceptors (Lipinski definition) is 4. The third-order valence-corrected chi connectivity index (χ3v) is 5.75. The van der Waals surface area contributed by atoms with Crippen LogP contribution in [0.2, 0.25) is 0 Å². The summed E-state index contributed by atoms with van der Waals surface area (Å²) in [5.41, 5.74) is 2.90. The van der Waals surface area contributed by atoms with Crippen LogP contribution in [0.4, 0.5) is 0 Å². The van der Waals surface area contributed by atoms with Crippen LogP contribution in [-0.4, -0.2) is 51.7 Å². The topological polar surface area (TPSA) is 50.6 Å². The third kappa shape index (κ3) is 5.29. The highest BCUT2D eigenvalue weighted by Gasteiger charge is 2.22. The molecule has 3 aromatic rings. The van der Waals surface area contributed by atoms with Crippen LogP contribution in [-0.2, 0) is 20.2 Å². The van der Waals surface area contributed by atoms with E-state index in [1.165, 1.54) is 5.56 Å². The van der Waals surface area contributed by atoms with Crippen molar-refractivity contribution < 1.29 is 9.53 Å². The Morgan fingerprint density at radius 3 is 2.53 bits per heavy atom. The number of aryl methyl sites for hydroxylation is 1. The molecule has 1 fully saturated rings. The van der Waals surface area contributed by atoms with Gasteiger partial charge in [-0.05, 0) is 42.0 Å². The summed E-state index contributed by atoms with van der Waals surface area (Å²) in [6.45, 7) is 4.51. The lowest BCUT2D eigenvalue weighted by molar-refractivity contribution is 0.0628. The lowest BCUT2D eigenvalue weighted by Crippen LogP contribution is -2.48. The molecule has 30 heavy (non-hydrogen) atoms. The molecule has 0 radical (unpaired) electrons. The Morgan fingerprint density at radius 2 is 1.83 bits per heavy atom. The predicted octanol–water partition coefficient (Wildman–Crippen LogP) is 3.72. The van der Waals surface area contributed by atoms with Gasteiger partial charge in [0.05, 0.1) is 6.20 Å². The molecular weight excluding hydrogens is 444 g/mol. The van der Waals surface area contributed by atoms with Gasteiger partial charge in [0.1, 0.15) is 12.4 Å². The van der Waals surface area contributed by atoms with Crippen molar-refractivity contribution in [3.05, 3.63) is 82.1 Å². The van der Waals surface area contributed by atoms with Crippen molar-refractivity contribution >= 4 is 21.8 Å². The zero-order valence-electron chi connectivity index (χ0n) is 17.0. The Labute approximate surface area is 185 Å². The fraction of sp³-hybridized carbons (Fsp3) is 0.304. The number of nitrogens with zero attached hydrogens (tertiary/aromatic N) is 4. The molecule has 0 atom stereocenters. The van der Waals surface area contributed by atoms with Gasteiger partial charge in [-0.25, -0.2) is 0 Å². The number of ether oxygens (including phenoxy) is 1. The Morgan fingerprint density at radius 1 is 1.07 bits per heavy atom. The number of amides is 1. The summed E-state index contributed by atoms with van der Waals surface area (Å²) in [6, 6.07) is 15.5. The van der Waals surface area contributed by atoms with Crippen molar-refractivity contribution in [2.45, 2.75) is 13.2 Å². The van der Waals surface area contributed by atoms with Gasteiger partial charge >= 0.3 is 0 Å². The van der Waals surface area contributed by atoms with Crippen LogP contribution in [0.5, 0.6) is 5.75 Å². The number of carbonyl (C=O) groups excluding carboxylic acids is 1. The zero-order valence-corrected chi connectivity index (χ0v) is 18.6. The lowest BCUT2D eigenvalue weighted by Gasteiger charge is -2.34. The molecule has 1 aliphatic rings. The maximum absolute atomic E-state index is 13.0. The molecule has 2 heterocycles. The highest BCUT2D eigenvalue weighted by molar-refractivity contribution is 9.10. The monoisotopic (exact) mass is 468 g/mol. The molecule has 0 N–H and O–H groups in total. The third-order valence-electron chi connectivity index (χ3n) is 5.22. The summed E-state index contributed by atoms with van der Waals surface area (Å²) in [4.78, 5) is 17.3. The van der Waals surface area contributed by atoms with Crippen molar-refractivity contribution in [2.75, 3.05) is 26.2 Å². The first-order chi connectivity index (χ1) is 14.6. The van der Waals surface area contributed by atoms with Crippen molar-refractivity contribution in [3.63, 3.8) is 0 Å². The van der Waals surface area contributed by atoms with Crippen molar-refractivity contribution in [2.24, 2.45) is 7.05 Å². The van der Waals surface area contributed by atoms with Crippen molar-refractivity contribution in [1.82, 2.24) is 19.6 Å². The maximum atomic E-state index is 13.0. The molecule has 0 aliphatic carbocycles. The summed E-state index contributed by atoms with van der Waals surface area (Å²) in [7, 11) is 1.93. The molecule has 0 spiro atoms. The highest BCUT2D eigenvalue weighted by Crippen LogP contribution is 2.18. The Hall–Kier alpha value is -2.64. The van der Waals surface area contributed by atoms with E-state index in [2.05, 4.69) is 25.9 Å². The molecule has 0 saturated carbocycles. The van der Waals surface area contributed by atoms with Gasteiger partial charge in [-0.3, -0.25) is 14.4 Å². The number of halogens is 1. The molecule has 1 aliphatic heterocycles. The molecule has 6 nitrogen and oxygen atoms in total. The van der Waals surface area contributed by atoms with E-state index in [1.54, 1.807) is 0 Å². The molecule has 0 bridgehead atoms. The van der Waals surface area contributed by atoms with Gasteiger partial charge in [-0.2, -0.15) is 5.10 Å². The summed E-state index contributed by atoms with van der Waals surface area (Å²) in [5.74, 6) is 0.890. The Balaban J connectivity index is 1.31. The van der Waals surface area contributed by atoms with E-state index in [0.29, 0.717) is 12.2 Å². The second-order valence-electron chi connectivity index (χ2n) is 7.53. The number of rotatable bonds is 6. The van der Waals surface area contributed by atoms with E-state index in [1.807, 2.05) is 77.6 Å². The Bertz CT molecular complexity index is 994. The second kappa shape index (κ2) is 9.45. The number of piperazine rings is 1. The quantitative estimate of drug-likeness (QED) is 0.553. The van der Waals surface area contributed by atoms with E-state index in [4.69, 9.17) is 4.74 Å². The first-order valence-corrected chi connectivity index (χ1v) is 10.8. The summed E-state index contributed by atoms with van der Waals surface area (Å²) in [6.07, 6.45) is 3.94. The largest absolute Gasteiger partial charge is 0.489 e. The molecule has 0 unspecified atom stereocenters. The summed E-state index contributed by atoms with van der Waals surface area (Å²) in [5, 5.41) is 4.22. The average Bonchev–Trinajstić information content (AvgIpc) is 3.18. The molecule has 156 valence electrons. The number of carbonyl (C=O) groups is 1. The number of aromatic nitrogens is 2. The van der Waals surface area contributed by atoms with E-state index >= 15 is 0 Å². The van der Waals surface area contributed by atoms with Gasteiger partial charge in [0.15, 0.2) is 0 Å². The fourth-order valence-corrected chi connectivity index (χ4v) is 3.86. The van der Waals surface area contributed by atoms with Crippen LogP contribution in [0.15, 0.2) is 65.4 Å². The summed E-state index contributed by atoms with van der Waals surface area (Å²) >= 11 is 3.42. The molecule has 1 saturated heterocycles. The van der Waals surface area contributed by atoms with E-state index in [9.17, 15) is 4.79 Å². The fourth-order valence-electron chi connectivity index (χ4n) is 3.60. The summed E-state index contributed by atoms with van der Waals surface area (Å²) < 4.78 is 8.68. The Kier molecular flexibility index (Phi) is 6.50. The minimum atomic E-state index is 0.0847. The van der Waals surface area contributed by atoms with Gasteiger partial charge < -0.3 is 9.64 Å². The SMILES string of the molecule is Cn1cc(CN2CCN(C(=O)c3cccc(COc4ccc(Br)cc4)c3)CC2)cn1. The van der Waals surface area contributed by atoms with E-state index in [-0.39, 0.29) is 5.91 Å². The first kappa shape index (κ1) is 20.6. The lowest BCUT2D eigenvalue weighted by atomic mass is 10.1. The number of hydrogen-bond donors (Lipinski definition) is 0. The van der Waals surface area contributed by atoms with Crippen LogP contribution in [0.3, 0.4) is 0 Å². The zero-order chi connectivity index (χ0) is 20.9. The smallest absolute Gasteiger partial charge is 0.253 e. The minimum Gasteiger partial charge on any atom is -0.489 e. The van der Waals surface area contributed by atoms with E-state index in [0.717, 1.165) is 48.5 Å². The second-order valence-corrected chi connectivity index (χ2v) is 8.45. The van der Waals surface area contributed by atoms with Gasteiger partial charge in [-0.15, -0.1) is 0 Å². The average molecular weight is 469 g/mol. The maximum Gasteiger partial charge on any atom is 0.253 e. The molecular formula is C23H25BrN4O2. The minimum absolute atomic E-state index is 0.0847. The van der Waals surface area contributed by atoms with Crippen LogP contribution in [0.25, 0.3) is 0 Å². The van der Waals surface area contributed by atoms with Gasteiger partial charge in [0.25, 0.3) is 5.91 Å². The molecule has 7 heteroatoms. The van der Waals surface area contributed by atoms with Crippen LogP contribution >= 0.6 is 15.9 Å². The van der Waals surface area contributed by atoms with E-state index < -0.39 is 0 Å². The van der Waals surface area contributed by atoms with Gasteiger partial charge in [0.2, 0.25) is 0 Å². The van der Waals surface area contributed by atoms with Crippen LogP contribution in [0.1, 0.15) is 21.5 Å². The van der Waals surface area contributed by atoms with Crippen molar-refractivity contribution in [1.29, 1.82) is 0 Å². The van der Waals surface area contributed by atoms with Crippen LogP contribution < -0.4 is 4.74 Å². The molecule has 4 rings (SSSR count). The van der Waals surface area contributed by atoms with Crippen LogP contribution in [0, 0.1) is 0 Å². The molecule has 1 aromatic heterocycles. The molecule has 2 aromatic carbocycles. The normalized spacial score (nSPS) is 14.7. The predicted molar refractivity (Wildman–Crippen MR) is 119 cm³/mol. The van der Waals surface area contributed by atoms with Crippen molar-refractivity contribution in [3.8, 4) is 5.75 Å². The molecule has 1 amide bonds. The highest BCUT2D eigenvalue weighted by atomic mass is 79.9. The first-order valence-electron chi connectivity index (χ1n) is 10.0. The van der Waals surface area contributed by atoms with Gasteiger partial charge in [0, 0.05) is 61.6 Å². The van der Waals surface area contributed by atoms with Gasteiger partial charge in [-0.1, -0.05) is 28.1 Å².